The van der Waals surface area contributed by atoms with Crippen molar-refractivity contribution in [3.63, 3.8) is 0 Å². The number of rotatable bonds is 8. The summed E-state index contributed by atoms with van der Waals surface area (Å²) in [6.07, 6.45) is 0.693. The minimum Gasteiger partial charge on any atom is -0.496 e. The summed E-state index contributed by atoms with van der Waals surface area (Å²) in [7, 11) is -2.31. The molecule has 0 radical (unpaired) electrons. The maximum Gasteiger partial charge on any atom is 0.252 e. The number of carbonyl (C=O) groups is 1. The topological polar surface area (TPSA) is 111 Å². The molecule has 3 N–H and O–H groups in total. The van der Waals surface area contributed by atoms with Gasteiger partial charge in [0.2, 0.25) is 10.0 Å². The van der Waals surface area contributed by atoms with Crippen molar-refractivity contribution in [2.24, 2.45) is 5.73 Å². The fourth-order valence-corrected chi connectivity index (χ4v) is 3.56. The van der Waals surface area contributed by atoms with Crippen LogP contribution in [0.3, 0.4) is 0 Å². The van der Waals surface area contributed by atoms with Gasteiger partial charge in [0.25, 0.3) is 5.91 Å². The summed E-state index contributed by atoms with van der Waals surface area (Å²) in [6, 6.07) is 4.03. The smallest absolute Gasteiger partial charge is 0.252 e. The number of ether oxygens (including phenoxy) is 2. The summed E-state index contributed by atoms with van der Waals surface area (Å²) >= 11 is 0. The van der Waals surface area contributed by atoms with Crippen molar-refractivity contribution in [3.8, 4) is 5.75 Å². The molecule has 24 heavy (non-hydrogen) atoms. The van der Waals surface area contributed by atoms with Crippen LogP contribution in [-0.4, -0.2) is 65.7 Å². The van der Waals surface area contributed by atoms with E-state index >= 15 is 0 Å². The molecular formula is C15H23N3O5S. The molecule has 2 rings (SSSR count). The summed E-state index contributed by atoms with van der Waals surface area (Å²) in [5.41, 5.74) is 5.29. The Bertz CT molecular complexity index is 672. The number of primary amides is 1. The van der Waals surface area contributed by atoms with Crippen LogP contribution in [0.1, 0.15) is 16.8 Å². The Labute approximate surface area is 142 Å². The SMILES string of the molecule is COc1ccc(S(=O)(=O)NCCCN2CCOCC2)cc1C(N)=O. The van der Waals surface area contributed by atoms with E-state index in [2.05, 4.69) is 9.62 Å². The molecule has 1 aromatic carbocycles. The zero-order chi connectivity index (χ0) is 17.6. The van der Waals surface area contributed by atoms with Crippen molar-refractivity contribution >= 4 is 15.9 Å². The Morgan fingerprint density at radius 2 is 2.08 bits per heavy atom. The molecule has 1 aliphatic rings. The van der Waals surface area contributed by atoms with E-state index in [9.17, 15) is 13.2 Å². The molecule has 0 saturated carbocycles. The summed E-state index contributed by atoms with van der Waals surface area (Å²) in [5, 5.41) is 0. The molecule has 0 unspecified atom stereocenters. The number of hydrogen-bond donors (Lipinski definition) is 2. The third-order valence-electron chi connectivity index (χ3n) is 3.79. The molecule has 1 amide bonds. The average Bonchev–Trinajstić information content (AvgIpc) is 2.59. The van der Waals surface area contributed by atoms with Gasteiger partial charge in [-0.15, -0.1) is 0 Å². The number of sulfonamides is 1. The van der Waals surface area contributed by atoms with Crippen molar-refractivity contribution in [2.75, 3.05) is 46.5 Å². The number of morpholine rings is 1. The monoisotopic (exact) mass is 357 g/mol. The van der Waals surface area contributed by atoms with Gasteiger partial charge in [0.1, 0.15) is 5.75 Å². The van der Waals surface area contributed by atoms with Gasteiger partial charge in [0, 0.05) is 19.6 Å². The molecule has 134 valence electrons. The minimum absolute atomic E-state index is 0.0107. The van der Waals surface area contributed by atoms with Crippen LogP contribution in [0.2, 0.25) is 0 Å². The zero-order valence-electron chi connectivity index (χ0n) is 13.7. The molecule has 1 aliphatic heterocycles. The first kappa shape index (κ1) is 18.7. The molecule has 0 aromatic heterocycles. The molecule has 0 bridgehead atoms. The standard InChI is InChI=1S/C15H23N3O5S/c1-22-14-4-3-12(11-13(14)15(16)19)24(20,21)17-5-2-6-18-7-9-23-10-8-18/h3-4,11,17H,2,5-10H2,1H3,(H2,16,19). The fourth-order valence-electron chi connectivity index (χ4n) is 2.46. The molecular weight excluding hydrogens is 334 g/mol. The van der Waals surface area contributed by atoms with E-state index in [4.69, 9.17) is 15.2 Å². The van der Waals surface area contributed by atoms with Crippen LogP contribution in [-0.2, 0) is 14.8 Å². The molecule has 8 nitrogen and oxygen atoms in total. The van der Waals surface area contributed by atoms with Crippen molar-refractivity contribution in [3.05, 3.63) is 23.8 Å². The van der Waals surface area contributed by atoms with Crippen LogP contribution in [0.4, 0.5) is 0 Å². The van der Waals surface area contributed by atoms with E-state index < -0.39 is 15.9 Å². The van der Waals surface area contributed by atoms with Crippen LogP contribution in [0.15, 0.2) is 23.1 Å². The maximum absolute atomic E-state index is 12.3. The van der Waals surface area contributed by atoms with Crippen molar-refractivity contribution in [2.45, 2.75) is 11.3 Å². The van der Waals surface area contributed by atoms with Gasteiger partial charge in [-0.2, -0.15) is 0 Å². The van der Waals surface area contributed by atoms with Crippen molar-refractivity contribution < 1.29 is 22.7 Å². The van der Waals surface area contributed by atoms with Crippen molar-refractivity contribution in [1.29, 1.82) is 0 Å². The molecule has 1 aromatic rings. The summed E-state index contributed by atoms with van der Waals surface area (Å²) in [4.78, 5) is 13.6. The van der Waals surface area contributed by atoms with E-state index in [-0.39, 0.29) is 16.2 Å². The van der Waals surface area contributed by atoms with Gasteiger partial charge in [-0.25, -0.2) is 13.1 Å². The first-order valence-corrected chi connectivity index (χ1v) is 9.20. The zero-order valence-corrected chi connectivity index (χ0v) is 14.5. The summed E-state index contributed by atoms with van der Waals surface area (Å²) < 4.78 is 37.5. The molecule has 1 fully saturated rings. The number of hydrogen-bond acceptors (Lipinski definition) is 6. The Morgan fingerprint density at radius 3 is 2.71 bits per heavy atom. The Morgan fingerprint density at radius 1 is 1.38 bits per heavy atom. The number of nitrogens with one attached hydrogen (secondary N) is 1. The highest BCUT2D eigenvalue weighted by Gasteiger charge is 2.18. The second-order valence-electron chi connectivity index (χ2n) is 5.43. The van der Waals surface area contributed by atoms with Gasteiger partial charge >= 0.3 is 0 Å². The van der Waals surface area contributed by atoms with Crippen LogP contribution in [0.5, 0.6) is 5.75 Å². The van der Waals surface area contributed by atoms with Gasteiger partial charge in [-0.3, -0.25) is 9.69 Å². The third kappa shape index (κ3) is 4.91. The van der Waals surface area contributed by atoms with Gasteiger partial charge in [-0.1, -0.05) is 0 Å². The average molecular weight is 357 g/mol. The van der Waals surface area contributed by atoms with E-state index in [1.807, 2.05) is 0 Å². The van der Waals surface area contributed by atoms with E-state index in [0.29, 0.717) is 26.2 Å². The highest BCUT2D eigenvalue weighted by atomic mass is 32.2. The van der Waals surface area contributed by atoms with E-state index in [1.54, 1.807) is 0 Å². The predicted molar refractivity (Wildman–Crippen MR) is 88.6 cm³/mol. The summed E-state index contributed by atoms with van der Waals surface area (Å²) in [5.74, 6) is -0.495. The van der Waals surface area contributed by atoms with E-state index in [1.165, 1.54) is 25.3 Å². The number of nitrogens with zero attached hydrogens (tertiary/aromatic N) is 1. The number of methoxy groups -OCH3 is 1. The Kier molecular flexibility index (Phi) is 6.55. The quantitative estimate of drug-likeness (QED) is 0.623. The first-order chi connectivity index (χ1) is 11.4. The van der Waals surface area contributed by atoms with Crippen LogP contribution in [0.25, 0.3) is 0 Å². The summed E-state index contributed by atoms with van der Waals surface area (Å²) in [6.45, 7) is 4.29. The lowest BCUT2D eigenvalue weighted by atomic mass is 10.2. The first-order valence-electron chi connectivity index (χ1n) is 7.71. The molecule has 9 heteroatoms. The Balaban J connectivity index is 1.94. The second kappa shape index (κ2) is 8.43. The molecule has 0 atom stereocenters. The predicted octanol–water partition coefficient (Wildman–Crippen LogP) is -0.205. The normalized spacial score (nSPS) is 16.0. The number of nitrogens with two attached hydrogens (primary N) is 1. The number of amides is 1. The molecule has 0 spiro atoms. The van der Waals surface area contributed by atoms with Crippen LogP contribution < -0.4 is 15.2 Å². The van der Waals surface area contributed by atoms with Crippen LogP contribution >= 0.6 is 0 Å². The van der Waals surface area contributed by atoms with Crippen molar-refractivity contribution in [1.82, 2.24) is 9.62 Å². The van der Waals surface area contributed by atoms with Crippen LogP contribution in [0, 0.1) is 0 Å². The lowest BCUT2D eigenvalue weighted by Crippen LogP contribution is -2.38. The van der Waals surface area contributed by atoms with Gasteiger partial charge in [0.15, 0.2) is 0 Å². The molecule has 1 heterocycles. The van der Waals surface area contributed by atoms with Gasteiger partial charge < -0.3 is 15.2 Å². The molecule has 0 aliphatic carbocycles. The van der Waals surface area contributed by atoms with Gasteiger partial charge in [0.05, 0.1) is 30.8 Å². The lowest BCUT2D eigenvalue weighted by molar-refractivity contribution is 0.0376. The minimum atomic E-state index is -3.70. The maximum atomic E-state index is 12.3. The third-order valence-corrected chi connectivity index (χ3v) is 5.25. The lowest BCUT2D eigenvalue weighted by Gasteiger charge is -2.26. The second-order valence-corrected chi connectivity index (χ2v) is 7.20. The largest absolute Gasteiger partial charge is 0.496 e. The number of benzene rings is 1. The van der Waals surface area contributed by atoms with Gasteiger partial charge in [-0.05, 0) is 31.2 Å². The highest BCUT2D eigenvalue weighted by molar-refractivity contribution is 7.89. The number of carbonyl (C=O) groups excluding carboxylic acids is 1. The fraction of sp³-hybridized carbons (Fsp3) is 0.533. The highest BCUT2D eigenvalue weighted by Crippen LogP contribution is 2.21. The molecule has 1 saturated heterocycles. The Hall–Kier alpha value is -1.68. The van der Waals surface area contributed by atoms with E-state index in [0.717, 1.165) is 19.6 Å².